The molecule has 0 spiro atoms. The normalized spacial score (nSPS) is 14.7. The minimum Gasteiger partial charge on any atom is -0.340 e. The number of benzene rings is 1. The van der Waals surface area contributed by atoms with E-state index >= 15 is 0 Å². The number of hydrogen-bond donors (Lipinski definition) is 0. The highest BCUT2D eigenvalue weighted by atomic mass is 35.5. The number of thiophene rings is 1. The molecule has 4 nitrogen and oxygen atoms in total. The molecular weight excluding hydrogens is 378 g/mol. The Bertz CT molecular complexity index is 965. The Morgan fingerprint density at radius 3 is 2.74 bits per heavy atom. The van der Waals surface area contributed by atoms with E-state index in [0.717, 1.165) is 52.0 Å². The van der Waals surface area contributed by atoms with E-state index < -0.39 is 0 Å². The summed E-state index contributed by atoms with van der Waals surface area (Å²) in [6, 6.07) is 13.5. The van der Waals surface area contributed by atoms with Crippen molar-refractivity contribution in [2.45, 2.75) is 12.8 Å². The SMILES string of the molecule is CN(CCN1CCCC1)C(=O)c1cc(-c2ccc(Cl)s2)nc2ccccc12. The van der Waals surface area contributed by atoms with Crippen LogP contribution in [0.1, 0.15) is 23.2 Å². The summed E-state index contributed by atoms with van der Waals surface area (Å²) < 4.78 is 0.718. The van der Waals surface area contributed by atoms with Crippen LogP contribution in [0, 0.1) is 0 Å². The Morgan fingerprint density at radius 1 is 1.22 bits per heavy atom. The minimum atomic E-state index is 0.0386. The summed E-state index contributed by atoms with van der Waals surface area (Å²) in [5, 5.41) is 0.891. The quantitative estimate of drug-likeness (QED) is 0.619. The average Bonchev–Trinajstić information content (AvgIpc) is 3.36. The van der Waals surface area contributed by atoms with Crippen molar-refractivity contribution < 1.29 is 4.79 Å². The lowest BCUT2D eigenvalue weighted by molar-refractivity contribution is 0.0784. The number of carbonyl (C=O) groups is 1. The van der Waals surface area contributed by atoms with Crippen molar-refractivity contribution in [2.75, 3.05) is 33.2 Å². The maximum Gasteiger partial charge on any atom is 0.254 e. The topological polar surface area (TPSA) is 36.4 Å². The molecule has 0 unspecified atom stereocenters. The second-order valence-corrected chi connectivity index (χ2v) is 8.67. The number of likely N-dealkylation sites (tertiary alicyclic amines) is 1. The van der Waals surface area contributed by atoms with E-state index in [1.54, 1.807) is 0 Å². The summed E-state index contributed by atoms with van der Waals surface area (Å²) >= 11 is 7.57. The molecule has 1 amide bonds. The van der Waals surface area contributed by atoms with Gasteiger partial charge in [-0.3, -0.25) is 4.79 Å². The molecule has 0 atom stereocenters. The standard InChI is InChI=1S/C21H22ClN3OS/c1-24(12-13-25-10-4-5-11-25)21(26)16-14-18(19-8-9-20(22)27-19)23-17-7-3-2-6-15(16)17/h2-3,6-9,14H,4-5,10-13H2,1H3. The molecule has 27 heavy (non-hydrogen) atoms. The Balaban J connectivity index is 1.65. The predicted octanol–water partition coefficient (Wildman–Crippen LogP) is 4.78. The first kappa shape index (κ1) is 18.4. The van der Waals surface area contributed by atoms with Gasteiger partial charge in [-0.25, -0.2) is 4.98 Å². The first-order chi connectivity index (χ1) is 13.1. The molecule has 3 aromatic rings. The van der Waals surface area contributed by atoms with Crippen molar-refractivity contribution >= 4 is 39.7 Å². The predicted molar refractivity (Wildman–Crippen MR) is 113 cm³/mol. The first-order valence-corrected chi connectivity index (χ1v) is 10.4. The highest BCUT2D eigenvalue weighted by Gasteiger charge is 2.19. The third kappa shape index (κ3) is 4.00. The fourth-order valence-electron chi connectivity index (χ4n) is 3.54. The zero-order valence-corrected chi connectivity index (χ0v) is 16.9. The maximum absolute atomic E-state index is 13.2. The number of halogens is 1. The fraction of sp³-hybridized carbons (Fsp3) is 0.333. The van der Waals surface area contributed by atoms with Crippen LogP contribution in [0.4, 0.5) is 0 Å². The second kappa shape index (κ2) is 7.97. The van der Waals surface area contributed by atoms with Crippen molar-refractivity contribution in [3.8, 4) is 10.6 Å². The van der Waals surface area contributed by atoms with Gasteiger partial charge in [0.15, 0.2) is 0 Å². The Kier molecular flexibility index (Phi) is 5.43. The Hall–Kier alpha value is -1.95. The molecule has 2 aromatic heterocycles. The van der Waals surface area contributed by atoms with Crippen LogP contribution in [-0.2, 0) is 0 Å². The lowest BCUT2D eigenvalue weighted by Crippen LogP contribution is -2.35. The number of nitrogens with zero attached hydrogens (tertiary/aromatic N) is 3. The van der Waals surface area contributed by atoms with E-state index in [2.05, 4.69) is 4.90 Å². The second-order valence-electron chi connectivity index (χ2n) is 6.95. The van der Waals surface area contributed by atoms with Crippen LogP contribution in [-0.4, -0.2) is 53.9 Å². The van der Waals surface area contributed by atoms with E-state index in [4.69, 9.17) is 16.6 Å². The Labute approximate surface area is 168 Å². The molecule has 0 bridgehead atoms. The zero-order chi connectivity index (χ0) is 18.8. The molecule has 3 heterocycles. The van der Waals surface area contributed by atoms with Gasteiger partial charge < -0.3 is 9.80 Å². The third-order valence-corrected chi connectivity index (χ3v) is 6.32. The van der Waals surface area contributed by atoms with Crippen molar-refractivity contribution in [2.24, 2.45) is 0 Å². The van der Waals surface area contributed by atoms with Gasteiger partial charge >= 0.3 is 0 Å². The smallest absolute Gasteiger partial charge is 0.254 e. The van der Waals surface area contributed by atoms with Crippen molar-refractivity contribution in [3.63, 3.8) is 0 Å². The van der Waals surface area contributed by atoms with Crippen LogP contribution < -0.4 is 0 Å². The summed E-state index contributed by atoms with van der Waals surface area (Å²) in [5.74, 6) is 0.0386. The average molecular weight is 400 g/mol. The van der Waals surface area contributed by atoms with Crippen LogP contribution in [0.3, 0.4) is 0 Å². The highest BCUT2D eigenvalue weighted by Crippen LogP contribution is 2.32. The van der Waals surface area contributed by atoms with Crippen LogP contribution in [0.25, 0.3) is 21.5 Å². The van der Waals surface area contributed by atoms with E-state index in [0.29, 0.717) is 5.56 Å². The van der Waals surface area contributed by atoms with Gasteiger partial charge in [-0.2, -0.15) is 0 Å². The molecule has 1 aromatic carbocycles. The zero-order valence-electron chi connectivity index (χ0n) is 15.3. The summed E-state index contributed by atoms with van der Waals surface area (Å²) in [7, 11) is 1.88. The lowest BCUT2D eigenvalue weighted by atomic mass is 10.1. The molecule has 0 aliphatic carbocycles. The number of hydrogen-bond acceptors (Lipinski definition) is 4. The number of aromatic nitrogens is 1. The van der Waals surface area contributed by atoms with Crippen molar-refractivity contribution in [1.29, 1.82) is 0 Å². The van der Waals surface area contributed by atoms with Crippen molar-refractivity contribution in [1.82, 2.24) is 14.8 Å². The van der Waals surface area contributed by atoms with E-state index in [9.17, 15) is 4.79 Å². The van der Waals surface area contributed by atoms with Crippen LogP contribution in [0.2, 0.25) is 4.34 Å². The number of pyridine rings is 1. The lowest BCUT2D eigenvalue weighted by Gasteiger charge is -2.22. The number of fused-ring (bicyclic) bond motifs is 1. The summed E-state index contributed by atoms with van der Waals surface area (Å²) in [6.07, 6.45) is 2.53. The van der Waals surface area contributed by atoms with Gasteiger partial charge in [-0.05, 0) is 50.2 Å². The first-order valence-electron chi connectivity index (χ1n) is 9.25. The van der Waals surface area contributed by atoms with Gasteiger partial charge in [0.2, 0.25) is 0 Å². The summed E-state index contributed by atoms with van der Waals surface area (Å²) in [5.41, 5.74) is 2.32. The van der Waals surface area contributed by atoms with Gasteiger partial charge in [0, 0.05) is 25.5 Å². The Morgan fingerprint density at radius 2 is 2.00 bits per heavy atom. The number of amides is 1. The van der Waals surface area contributed by atoms with Gasteiger partial charge in [-0.15, -0.1) is 11.3 Å². The van der Waals surface area contributed by atoms with Crippen LogP contribution in [0.15, 0.2) is 42.5 Å². The molecule has 1 aliphatic heterocycles. The molecule has 140 valence electrons. The molecule has 6 heteroatoms. The van der Waals surface area contributed by atoms with E-state index in [1.807, 2.05) is 54.4 Å². The molecule has 0 saturated carbocycles. The van der Waals surface area contributed by atoms with Gasteiger partial charge in [0.05, 0.1) is 26.0 Å². The van der Waals surface area contributed by atoms with Gasteiger partial charge in [0.25, 0.3) is 5.91 Å². The molecular formula is C21H22ClN3OS. The molecule has 1 saturated heterocycles. The monoisotopic (exact) mass is 399 g/mol. The maximum atomic E-state index is 13.2. The number of likely N-dealkylation sites (N-methyl/N-ethyl adjacent to an activating group) is 1. The van der Waals surface area contributed by atoms with Crippen LogP contribution in [0.5, 0.6) is 0 Å². The van der Waals surface area contributed by atoms with Gasteiger partial charge in [0.1, 0.15) is 0 Å². The minimum absolute atomic E-state index is 0.0386. The van der Waals surface area contributed by atoms with E-state index in [1.165, 1.54) is 24.2 Å². The molecule has 0 radical (unpaired) electrons. The number of carbonyl (C=O) groups excluding carboxylic acids is 1. The third-order valence-electron chi connectivity index (χ3n) is 5.07. The van der Waals surface area contributed by atoms with E-state index in [-0.39, 0.29) is 5.91 Å². The number of para-hydroxylation sites is 1. The molecule has 1 aliphatic rings. The highest BCUT2D eigenvalue weighted by molar-refractivity contribution is 7.19. The molecule has 4 rings (SSSR count). The largest absolute Gasteiger partial charge is 0.340 e. The van der Waals surface area contributed by atoms with Crippen LogP contribution >= 0.6 is 22.9 Å². The van der Waals surface area contributed by atoms with Gasteiger partial charge in [-0.1, -0.05) is 29.8 Å². The molecule has 1 fully saturated rings. The summed E-state index contributed by atoms with van der Waals surface area (Å²) in [6.45, 7) is 3.95. The number of rotatable bonds is 5. The fourth-order valence-corrected chi connectivity index (χ4v) is 4.54. The molecule has 0 N–H and O–H groups in total. The summed E-state index contributed by atoms with van der Waals surface area (Å²) in [4.78, 5) is 23.2. The van der Waals surface area contributed by atoms with Crippen molar-refractivity contribution in [3.05, 3.63) is 52.4 Å².